The highest BCUT2D eigenvalue weighted by Gasteiger charge is 2.39. The summed E-state index contributed by atoms with van der Waals surface area (Å²) in [6, 6.07) is 1.55. The summed E-state index contributed by atoms with van der Waals surface area (Å²) < 4.78 is 26.7. The molecule has 30 heavy (non-hydrogen) atoms. The van der Waals surface area contributed by atoms with Gasteiger partial charge in [0.1, 0.15) is 11.3 Å². The van der Waals surface area contributed by atoms with Crippen LogP contribution in [0.1, 0.15) is 45.1 Å². The molecule has 9 nitrogen and oxygen atoms in total. The molecule has 0 aromatic carbocycles. The van der Waals surface area contributed by atoms with E-state index >= 15 is 0 Å². The predicted molar refractivity (Wildman–Crippen MR) is 118 cm³/mol. The minimum Gasteiger partial charge on any atom is -0.388 e. The maximum atomic E-state index is 12.9. The van der Waals surface area contributed by atoms with Crippen molar-refractivity contribution < 1.29 is 13.5 Å². The Bertz CT molecular complexity index is 1130. The number of nitrogens with one attached hydrogen (secondary N) is 1. The van der Waals surface area contributed by atoms with Gasteiger partial charge in [0.2, 0.25) is 10.0 Å². The lowest BCUT2D eigenvalue weighted by Gasteiger charge is -2.31. The van der Waals surface area contributed by atoms with E-state index in [0.717, 1.165) is 6.42 Å². The van der Waals surface area contributed by atoms with E-state index in [4.69, 9.17) is 0 Å². The molecule has 11 heteroatoms. The number of sulfonamides is 1. The number of hydrogen-bond acceptors (Lipinski definition) is 7. The van der Waals surface area contributed by atoms with Crippen LogP contribution in [0.2, 0.25) is 0 Å². The summed E-state index contributed by atoms with van der Waals surface area (Å²) in [5.41, 5.74) is -0.0382. The van der Waals surface area contributed by atoms with Crippen LogP contribution in [0, 0.1) is 0 Å². The van der Waals surface area contributed by atoms with E-state index in [1.165, 1.54) is 10.6 Å². The second kappa shape index (κ2) is 7.85. The molecule has 1 aliphatic heterocycles. The van der Waals surface area contributed by atoms with E-state index < -0.39 is 15.6 Å². The first kappa shape index (κ1) is 21.7. The summed E-state index contributed by atoms with van der Waals surface area (Å²) in [5.74, 6) is 0.607. The fraction of sp³-hybridized carbons (Fsp3) is 0.632. The maximum absolute atomic E-state index is 12.9. The number of nitrogens with zero attached hydrogens (tertiary/aromatic N) is 4. The molecule has 2 aromatic heterocycles. The van der Waals surface area contributed by atoms with Crippen molar-refractivity contribution in [3.8, 4) is 0 Å². The molecule has 0 unspecified atom stereocenters. The van der Waals surface area contributed by atoms with Crippen LogP contribution in [-0.2, 0) is 10.0 Å². The van der Waals surface area contributed by atoms with Crippen LogP contribution in [0.25, 0.3) is 11.0 Å². The third-order valence-corrected chi connectivity index (χ3v) is 8.02. The largest absolute Gasteiger partial charge is 0.388 e. The van der Waals surface area contributed by atoms with Crippen LogP contribution in [0.3, 0.4) is 0 Å². The molecule has 2 atom stereocenters. The van der Waals surface area contributed by atoms with Gasteiger partial charge in [-0.05, 0) is 55.0 Å². The van der Waals surface area contributed by atoms with Crippen molar-refractivity contribution in [3.05, 3.63) is 27.2 Å². The second-order valence-electron chi connectivity index (χ2n) is 8.48. The van der Waals surface area contributed by atoms with E-state index in [1.54, 1.807) is 23.8 Å². The predicted octanol–water partition coefficient (Wildman–Crippen LogP) is 1.87. The summed E-state index contributed by atoms with van der Waals surface area (Å²) in [7, 11) is -3.17. The first-order valence-corrected chi connectivity index (χ1v) is 12.7. The van der Waals surface area contributed by atoms with E-state index in [1.807, 2.05) is 0 Å². The van der Waals surface area contributed by atoms with Crippen LogP contribution in [0.4, 0.5) is 5.82 Å². The standard InChI is InChI=1S/C19H26BrN5O4S/c1-19(27)7-3-4-15(19)25-14-10-16(21-11-13(14)23-17(20)18(25)26)22-12-5-8-24(9-6-12)30(2,28)29/h10-12,15,27H,3-9H2,1-2H3,(H,21,22)/t15-,19-/m1/s1. The van der Waals surface area contributed by atoms with Crippen molar-refractivity contribution >= 4 is 42.8 Å². The van der Waals surface area contributed by atoms with Crippen LogP contribution in [0.15, 0.2) is 21.7 Å². The Kier molecular flexibility index (Phi) is 5.67. The molecule has 1 aliphatic carbocycles. The molecule has 2 aromatic rings. The Hall–Kier alpha value is -1.56. The molecular formula is C19H26BrN5O4S. The highest BCUT2D eigenvalue weighted by atomic mass is 79.9. The summed E-state index contributed by atoms with van der Waals surface area (Å²) in [6.07, 6.45) is 6.40. The molecule has 0 bridgehead atoms. The average molecular weight is 500 g/mol. The summed E-state index contributed by atoms with van der Waals surface area (Å²) >= 11 is 3.25. The van der Waals surface area contributed by atoms with Gasteiger partial charge < -0.3 is 10.4 Å². The number of fused-ring (bicyclic) bond motifs is 1. The fourth-order valence-corrected chi connectivity index (χ4v) is 5.80. The minimum atomic E-state index is -3.17. The van der Waals surface area contributed by atoms with Gasteiger partial charge in [0.15, 0.2) is 4.60 Å². The van der Waals surface area contributed by atoms with E-state index in [9.17, 15) is 18.3 Å². The summed E-state index contributed by atoms with van der Waals surface area (Å²) in [4.78, 5) is 21.7. The molecular weight excluding hydrogens is 474 g/mol. The van der Waals surface area contributed by atoms with Gasteiger partial charge in [-0.3, -0.25) is 9.36 Å². The monoisotopic (exact) mass is 499 g/mol. The number of rotatable bonds is 4. The number of halogens is 1. The SMILES string of the molecule is C[C@@]1(O)CCC[C@H]1n1c(=O)c(Br)nc2cnc(NC3CCN(S(C)(=O)=O)CC3)cc21. The molecule has 0 spiro atoms. The van der Waals surface area contributed by atoms with Crippen LogP contribution in [-0.4, -0.2) is 63.4 Å². The Morgan fingerprint density at radius 2 is 2.00 bits per heavy atom. The number of aliphatic hydroxyl groups is 1. The zero-order chi connectivity index (χ0) is 21.7. The van der Waals surface area contributed by atoms with E-state index in [2.05, 4.69) is 31.2 Å². The normalized spacial score (nSPS) is 26.3. The maximum Gasteiger partial charge on any atom is 0.284 e. The summed E-state index contributed by atoms with van der Waals surface area (Å²) in [5, 5.41) is 14.2. The van der Waals surface area contributed by atoms with Crippen LogP contribution in [0.5, 0.6) is 0 Å². The van der Waals surface area contributed by atoms with E-state index in [0.29, 0.717) is 55.6 Å². The van der Waals surface area contributed by atoms with Gasteiger partial charge in [-0.1, -0.05) is 0 Å². The molecule has 164 valence electrons. The molecule has 2 aliphatic rings. The number of aromatic nitrogens is 3. The first-order valence-electron chi connectivity index (χ1n) is 10.1. The number of anilines is 1. The molecule has 4 rings (SSSR count). The Morgan fingerprint density at radius 3 is 2.60 bits per heavy atom. The van der Waals surface area contributed by atoms with Gasteiger partial charge in [0.25, 0.3) is 5.56 Å². The zero-order valence-electron chi connectivity index (χ0n) is 17.0. The van der Waals surface area contributed by atoms with Gasteiger partial charge in [-0.2, -0.15) is 0 Å². The van der Waals surface area contributed by atoms with Gasteiger partial charge in [-0.15, -0.1) is 0 Å². The van der Waals surface area contributed by atoms with Crippen molar-refractivity contribution in [1.82, 2.24) is 18.8 Å². The molecule has 1 saturated heterocycles. The van der Waals surface area contributed by atoms with Crippen molar-refractivity contribution in [2.45, 2.75) is 56.7 Å². The molecule has 2 N–H and O–H groups in total. The Labute approximate surface area is 183 Å². The van der Waals surface area contributed by atoms with Gasteiger partial charge >= 0.3 is 0 Å². The average Bonchev–Trinajstić information content (AvgIpc) is 3.02. The van der Waals surface area contributed by atoms with Crippen molar-refractivity contribution in [2.24, 2.45) is 0 Å². The minimum absolute atomic E-state index is 0.0890. The lowest BCUT2D eigenvalue weighted by Crippen LogP contribution is -2.42. The van der Waals surface area contributed by atoms with Gasteiger partial charge in [0, 0.05) is 25.2 Å². The number of hydrogen-bond donors (Lipinski definition) is 2. The molecule has 0 amide bonds. The zero-order valence-corrected chi connectivity index (χ0v) is 19.4. The lowest BCUT2D eigenvalue weighted by atomic mass is 10.00. The van der Waals surface area contributed by atoms with E-state index in [-0.39, 0.29) is 22.2 Å². The van der Waals surface area contributed by atoms with Crippen molar-refractivity contribution in [3.63, 3.8) is 0 Å². The lowest BCUT2D eigenvalue weighted by molar-refractivity contribution is 0.0267. The highest BCUT2D eigenvalue weighted by molar-refractivity contribution is 9.10. The fourth-order valence-electron chi connectivity index (χ4n) is 4.55. The van der Waals surface area contributed by atoms with Crippen LogP contribution >= 0.6 is 15.9 Å². The number of pyridine rings is 1. The Morgan fingerprint density at radius 1 is 1.30 bits per heavy atom. The summed E-state index contributed by atoms with van der Waals surface area (Å²) in [6.45, 7) is 2.70. The first-order chi connectivity index (χ1) is 14.1. The van der Waals surface area contributed by atoms with Gasteiger partial charge in [0.05, 0.1) is 29.6 Å². The number of piperidine rings is 1. The third-order valence-electron chi connectivity index (χ3n) is 6.20. The smallest absolute Gasteiger partial charge is 0.284 e. The molecule has 3 heterocycles. The highest BCUT2D eigenvalue weighted by Crippen LogP contribution is 2.39. The third kappa shape index (κ3) is 4.12. The molecule has 2 fully saturated rings. The van der Waals surface area contributed by atoms with Crippen LogP contribution < -0.4 is 10.9 Å². The molecule has 0 radical (unpaired) electrons. The topological polar surface area (TPSA) is 117 Å². The van der Waals surface area contributed by atoms with Crippen molar-refractivity contribution in [1.29, 1.82) is 0 Å². The Balaban J connectivity index is 1.65. The van der Waals surface area contributed by atoms with Gasteiger partial charge in [-0.25, -0.2) is 22.7 Å². The molecule has 1 saturated carbocycles. The van der Waals surface area contributed by atoms with Crippen molar-refractivity contribution in [2.75, 3.05) is 24.7 Å². The quantitative estimate of drug-likeness (QED) is 0.658. The second-order valence-corrected chi connectivity index (χ2v) is 11.2.